The van der Waals surface area contributed by atoms with Crippen LogP contribution in [0.1, 0.15) is 11.1 Å². The van der Waals surface area contributed by atoms with Gasteiger partial charge in [-0.1, -0.05) is 18.2 Å². The molecule has 0 aromatic heterocycles. The molecule has 0 amide bonds. The third-order valence-corrected chi connectivity index (χ3v) is 4.52. The second kappa shape index (κ2) is 5.60. The molecule has 0 heterocycles. The fourth-order valence-corrected chi connectivity index (χ4v) is 3.12. The Morgan fingerprint density at radius 3 is 2.60 bits per heavy atom. The molecule has 0 saturated carbocycles. The van der Waals surface area contributed by atoms with E-state index in [-0.39, 0.29) is 11.4 Å². The van der Waals surface area contributed by atoms with Gasteiger partial charge in [0.2, 0.25) is 10.0 Å². The molecule has 0 spiro atoms. The molecule has 0 radical (unpaired) electrons. The Morgan fingerprint density at radius 1 is 1.20 bits per heavy atom. The smallest absolute Gasteiger partial charge is 0.241 e. The first-order valence-corrected chi connectivity index (χ1v) is 7.47. The minimum atomic E-state index is -3.68. The van der Waals surface area contributed by atoms with Crippen molar-refractivity contribution in [2.45, 2.75) is 18.4 Å². The van der Waals surface area contributed by atoms with Crippen molar-refractivity contribution < 1.29 is 12.8 Å². The van der Waals surface area contributed by atoms with Crippen molar-refractivity contribution in [3.05, 3.63) is 59.4 Å². The number of halogens is 1. The third-order valence-electron chi connectivity index (χ3n) is 2.97. The van der Waals surface area contributed by atoms with Crippen LogP contribution in [0, 0.1) is 12.7 Å². The van der Waals surface area contributed by atoms with E-state index in [1.807, 2.05) is 0 Å². The van der Waals surface area contributed by atoms with Crippen molar-refractivity contribution in [1.82, 2.24) is 4.72 Å². The normalized spacial score (nSPS) is 11.5. The molecule has 2 aromatic carbocycles. The van der Waals surface area contributed by atoms with Crippen molar-refractivity contribution in [2.75, 3.05) is 5.73 Å². The number of anilines is 1. The topological polar surface area (TPSA) is 72.2 Å². The summed E-state index contributed by atoms with van der Waals surface area (Å²) in [6.07, 6.45) is 0. The zero-order chi connectivity index (χ0) is 14.8. The first-order valence-electron chi connectivity index (χ1n) is 5.99. The fraction of sp³-hybridized carbons (Fsp3) is 0.143. The molecule has 0 bridgehead atoms. The molecule has 0 unspecified atom stereocenters. The number of nitrogens with two attached hydrogens (primary N) is 1. The van der Waals surface area contributed by atoms with Crippen LogP contribution in [0.3, 0.4) is 0 Å². The molecule has 6 heteroatoms. The molecule has 20 heavy (non-hydrogen) atoms. The second-order valence-electron chi connectivity index (χ2n) is 4.42. The maximum absolute atomic E-state index is 13.0. The van der Waals surface area contributed by atoms with Crippen LogP contribution >= 0.6 is 0 Å². The van der Waals surface area contributed by atoms with Gasteiger partial charge < -0.3 is 5.73 Å². The van der Waals surface area contributed by atoms with Crippen LogP contribution < -0.4 is 10.5 Å². The van der Waals surface area contributed by atoms with E-state index < -0.39 is 15.8 Å². The average Bonchev–Trinajstić information content (AvgIpc) is 2.40. The van der Waals surface area contributed by atoms with Crippen LogP contribution in [-0.2, 0) is 16.6 Å². The summed E-state index contributed by atoms with van der Waals surface area (Å²) in [7, 11) is -3.68. The highest BCUT2D eigenvalue weighted by molar-refractivity contribution is 7.89. The number of benzene rings is 2. The third kappa shape index (κ3) is 3.15. The quantitative estimate of drug-likeness (QED) is 0.849. The van der Waals surface area contributed by atoms with Gasteiger partial charge in [-0.3, -0.25) is 0 Å². The van der Waals surface area contributed by atoms with Gasteiger partial charge in [-0.15, -0.1) is 0 Å². The molecular weight excluding hydrogens is 279 g/mol. The Bertz CT molecular complexity index is 730. The molecule has 0 saturated heterocycles. The molecular formula is C14H15FN2O2S. The summed E-state index contributed by atoms with van der Waals surface area (Å²) in [5.41, 5.74) is 7.17. The SMILES string of the molecule is Cc1c(N)cccc1S(=O)(=O)NCc1cccc(F)c1. The molecule has 4 nitrogen and oxygen atoms in total. The Labute approximate surface area is 117 Å². The van der Waals surface area contributed by atoms with Crippen molar-refractivity contribution in [2.24, 2.45) is 0 Å². The van der Waals surface area contributed by atoms with E-state index in [0.717, 1.165) is 0 Å². The monoisotopic (exact) mass is 294 g/mol. The summed E-state index contributed by atoms with van der Waals surface area (Å²) < 4.78 is 39.9. The van der Waals surface area contributed by atoms with Crippen molar-refractivity contribution in [1.29, 1.82) is 0 Å². The van der Waals surface area contributed by atoms with Gasteiger partial charge in [0, 0.05) is 12.2 Å². The number of rotatable bonds is 4. The van der Waals surface area contributed by atoms with E-state index in [9.17, 15) is 12.8 Å². The highest BCUT2D eigenvalue weighted by Gasteiger charge is 2.17. The molecule has 0 fully saturated rings. The molecule has 0 aliphatic heterocycles. The Kier molecular flexibility index (Phi) is 4.06. The van der Waals surface area contributed by atoms with Gasteiger partial charge in [-0.2, -0.15) is 0 Å². The maximum Gasteiger partial charge on any atom is 0.241 e. The van der Waals surface area contributed by atoms with Gasteiger partial charge in [0.15, 0.2) is 0 Å². The molecule has 0 aliphatic carbocycles. The van der Waals surface area contributed by atoms with E-state index in [1.165, 1.54) is 24.3 Å². The van der Waals surface area contributed by atoms with E-state index >= 15 is 0 Å². The van der Waals surface area contributed by atoms with Crippen LogP contribution in [0.15, 0.2) is 47.4 Å². The summed E-state index contributed by atoms with van der Waals surface area (Å²) in [6, 6.07) is 10.5. The lowest BCUT2D eigenvalue weighted by Crippen LogP contribution is -2.24. The average molecular weight is 294 g/mol. The second-order valence-corrected chi connectivity index (χ2v) is 6.16. The van der Waals surface area contributed by atoms with Crippen LogP contribution in [-0.4, -0.2) is 8.42 Å². The van der Waals surface area contributed by atoms with Crippen molar-refractivity contribution in [3.8, 4) is 0 Å². The summed E-state index contributed by atoms with van der Waals surface area (Å²) in [6.45, 7) is 1.67. The van der Waals surface area contributed by atoms with Gasteiger partial charge in [-0.25, -0.2) is 17.5 Å². The first kappa shape index (κ1) is 14.5. The Morgan fingerprint density at radius 2 is 1.90 bits per heavy atom. The van der Waals surface area contributed by atoms with Gasteiger partial charge >= 0.3 is 0 Å². The van der Waals surface area contributed by atoms with Crippen molar-refractivity contribution >= 4 is 15.7 Å². The number of nitrogens with one attached hydrogen (secondary N) is 1. The lowest BCUT2D eigenvalue weighted by atomic mass is 10.2. The standard InChI is InChI=1S/C14H15FN2O2S/c1-10-13(16)6-3-7-14(10)20(18,19)17-9-11-4-2-5-12(15)8-11/h2-8,17H,9,16H2,1H3. The predicted molar refractivity (Wildman–Crippen MR) is 76.0 cm³/mol. The molecule has 3 N–H and O–H groups in total. The molecule has 2 rings (SSSR count). The highest BCUT2D eigenvalue weighted by Crippen LogP contribution is 2.20. The highest BCUT2D eigenvalue weighted by atomic mass is 32.2. The summed E-state index contributed by atoms with van der Waals surface area (Å²) in [4.78, 5) is 0.133. The van der Waals surface area contributed by atoms with Gasteiger partial charge in [0.1, 0.15) is 5.82 Å². The van der Waals surface area contributed by atoms with Gasteiger partial charge in [0.05, 0.1) is 4.90 Å². The van der Waals surface area contributed by atoms with Crippen molar-refractivity contribution in [3.63, 3.8) is 0 Å². The predicted octanol–water partition coefficient (Wildman–Crippen LogP) is 2.19. The minimum absolute atomic E-state index is 0.0222. The zero-order valence-electron chi connectivity index (χ0n) is 10.9. The van der Waals surface area contributed by atoms with Crippen LogP contribution in [0.2, 0.25) is 0 Å². The largest absolute Gasteiger partial charge is 0.398 e. The Balaban J connectivity index is 2.22. The summed E-state index contributed by atoms with van der Waals surface area (Å²) in [5.74, 6) is -0.401. The number of hydrogen-bond donors (Lipinski definition) is 2. The lowest BCUT2D eigenvalue weighted by Gasteiger charge is -2.10. The summed E-state index contributed by atoms with van der Waals surface area (Å²) >= 11 is 0. The van der Waals surface area contributed by atoms with E-state index in [1.54, 1.807) is 25.1 Å². The maximum atomic E-state index is 13.0. The van der Waals surface area contributed by atoms with Gasteiger partial charge in [-0.05, 0) is 42.3 Å². The van der Waals surface area contributed by atoms with E-state index in [4.69, 9.17) is 5.73 Å². The molecule has 0 aliphatic rings. The first-order chi connectivity index (χ1) is 9.40. The summed E-state index contributed by atoms with van der Waals surface area (Å²) in [5, 5.41) is 0. The van der Waals surface area contributed by atoms with Crippen LogP contribution in [0.25, 0.3) is 0 Å². The fourth-order valence-electron chi connectivity index (χ4n) is 1.83. The molecule has 0 atom stereocenters. The molecule has 2 aromatic rings. The van der Waals surface area contributed by atoms with E-state index in [0.29, 0.717) is 16.8 Å². The van der Waals surface area contributed by atoms with Crippen LogP contribution in [0.4, 0.5) is 10.1 Å². The molecule has 106 valence electrons. The van der Waals surface area contributed by atoms with E-state index in [2.05, 4.69) is 4.72 Å². The zero-order valence-corrected chi connectivity index (χ0v) is 11.7. The van der Waals surface area contributed by atoms with Crippen LogP contribution in [0.5, 0.6) is 0 Å². The lowest BCUT2D eigenvalue weighted by molar-refractivity contribution is 0.579. The number of nitrogen functional groups attached to an aromatic ring is 1. The minimum Gasteiger partial charge on any atom is -0.398 e. The van der Waals surface area contributed by atoms with Gasteiger partial charge in [0.25, 0.3) is 0 Å². The number of sulfonamides is 1. The number of hydrogen-bond acceptors (Lipinski definition) is 3. The Hall–Kier alpha value is -1.92.